The SMILES string of the molecule is COc1cc(Br)cc([C@H]2CCCN2)c1O.Cl. The highest BCUT2D eigenvalue weighted by molar-refractivity contribution is 9.10. The Bertz CT molecular complexity index is 367. The standard InChI is InChI=1S/C11H14BrNO2.ClH/c1-15-10-6-7(12)5-8(11(10)14)9-3-2-4-13-9;/h5-6,9,13-14H,2-4H2,1H3;1H/t9-;/m1./s1. The van der Waals surface area contributed by atoms with Crippen LogP contribution >= 0.6 is 28.3 Å². The summed E-state index contributed by atoms with van der Waals surface area (Å²) in [6.45, 7) is 1.01. The molecule has 0 unspecified atom stereocenters. The second-order valence-corrected chi connectivity index (χ2v) is 4.61. The Morgan fingerprint density at radius 3 is 2.81 bits per heavy atom. The third-order valence-corrected chi connectivity index (χ3v) is 3.18. The van der Waals surface area contributed by atoms with Crippen LogP contribution in [0, 0.1) is 0 Å². The van der Waals surface area contributed by atoms with Crippen molar-refractivity contribution in [3.05, 3.63) is 22.2 Å². The number of rotatable bonds is 2. The number of halogens is 2. The maximum atomic E-state index is 9.99. The van der Waals surface area contributed by atoms with Gasteiger partial charge in [-0.15, -0.1) is 12.4 Å². The molecule has 1 saturated heterocycles. The number of phenolic OH excluding ortho intramolecular Hbond substituents is 1. The molecule has 1 aliphatic rings. The molecule has 1 aromatic carbocycles. The first kappa shape index (κ1) is 13.6. The summed E-state index contributed by atoms with van der Waals surface area (Å²) in [6.07, 6.45) is 2.21. The summed E-state index contributed by atoms with van der Waals surface area (Å²) in [5.74, 6) is 0.771. The second-order valence-electron chi connectivity index (χ2n) is 3.69. The van der Waals surface area contributed by atoms with E-state index in [9.17, 15) is 5.11 Å². The molecule has 0 aromatic heterocycles. The molecule has 0 amide bonds. The lowest BCUT2D eigenvalue weighted by Crippen LogP contribution is -2.13. The second kappa shape index (κ2) is 5.75. The zero-order valence-electron chi connectivity index (χ0n) is 9.00. The number of hydrogen-bond donors (Lipinski definition) is 2. The van der Waals surface area contributed by atoms with E-state index in [2.05, 4.69) is 21.2 Å². The summed E-state index contributed by atoms with van der Waals surface area (Å²) in [4.78, 5) is 0. The van der Waals surface area contributed by atoms with E-state index in [0.29, 0.717) is 5.75 Å². The minimum absolute atomic E-state index is 0. The number of methoxy groups -OCH3 is 1. The molecular formula is C11H15BrClNO2. The number of ether oxygens (including phenoxy) is 1. The van der Waals surface area contributed by atoms with Gasteiger partial charge >= 0.3 is 0 Å². The van der Waals surface area contributed by atoms with E-state index in [4.69, 9.17) is 4.74 Å². The smallest absolute Gasteiger partial charge is 0.162 e. The van der Waals surface area contributed by atoms with Crippen molar-refractivity contribution in [2.45, 2.75) is 18.9 Å². The van der Waals surface area contributed by atoms with E-state index in [1.807, 2.05) is 6.07 Å². The van der Waals surface area contributed by atoms with Gasteiger partial charge in [-0.25, -0.2) is 0 Å². The molecule has 90 valence electrons. The fourth-order valence-electron chi connectivity index (χ4n) is 1.97. The lowest BCUT2D eigenvalue weighted by Gasteiger charge is -2.15. The van der Waals surface area contributed by atoms with Crippen molar-refractivity contribution in [3.8, 4) is 11.5 Å². The average Bonchev–Trinajstić information content (AvgIpc) is 2.74. The number of phenols is 1. The van der Waals surface area contributed by atoms with E-state index in [1.165, 1.54) is 0 Å². The van der Waals surface area contributed by atoms with E-state index in [-0.39, 0.29) is 24.2 Å². The molecule has 2 N–H and O–H groups in total. The van der Waals surface area contributed by atoms with Crippen molar-refractivity contribution < 1.29 is 9.84 Å². The Labute approximate surface area is 110 Å². The van der Waals surface area contributed by atoms with Gasteiger partial charge in [0, 0.05) is 16.1 Å². The third-order valence-electron chi connectivity index (χ3n) is 2.72. The Morgan fingerprint density at radius 1 is 1.50 bits per heavy atom. The summed E-state index contributed by atoms with van der Waals surface area (Å²) < 4.78 is 6.05. The monoisotopic (exact) mass is 307 g/mol. The Hall–Kier alpha value is -0.450. The molecule has 3 nitrogen and oxygen atoms in total. The number of hydrogen-bond acceptors (Lipinski definition) is 3. The lowest BCUT2D eigenvalue weighted by molar-refractivity contribution is 0.367. The van der Waals surface area contributed by atoms with Crippen molar-refractivity contribution in [2.24, 2.45) is 0 Å². The molecule has 0 saturated carbocycles. The van der Waals surface area contributed by atoms with Gasteiger partial charge in [0.25, 0.3) is 0 Å². The minimum Gasteiger partial charge on any atom is -0.504 e. The van der Waals surface area contributed by atoms with Crippen LogP contribution in [-0.2, 0) is 0 Å². The van der Waals surface area contributed by atoms with Crippen LogP contribution in [0.15, 0.2) is 16.6 Å². The Morgan fingerprint density at radius 2 is 2.25 bits per heavy atom. The molecule has 1 atom stereocenters. The van der Waals surface area contributed by atoms with Crippen molar-refractivity contribution in [1.82, 2.24) is 5.32 Å². The molecule has 0 radical (unpaired) electrons. The molecule has 0 aliphatic carbocycles. The van der Waals surface area contributed by atoms with Crippen molar-refractivity contribution in [1.29, 1.82) is 0 Å². The molecular weight excluding hydrogens is 293 g/mol. The average molecular weight is 309 g/mol. The maximum Gasteiger partial charge on any atom is 0.162 e. The molecule has 5 heteroatoms. The number of benzene rings is 1. The highest BCUT2D eigenvalue weighted by atomic mass is 79.9. The summed E-state index contributed by atoms with van der Waals surface area (Å²) in [6, 6.07) is 3.96. The first-order valence-electron chi connectivity index (χ1n) is 5.02. The highest BCUT2D eigenvalue weighted by Gasteiger charge is 2.21. The van der Waals surface area contributed by atoms with E-state index in [0.717, 1.165) is 29.4 Å². The van der Waals surface area contributed by atoms with Gasteiger partial charge < -0.3 is 15.2 Å². The summed E-state index contributed by atoms with van der Waals surface area (Å²) in [7, 11) is 1.56. The quantitative estimate of drug-likeness (QED) is 0.882. The van der Waals surface area contributed by atoms with Crippen LogP contribution in [0.2, 0.25) is 0 Å². The van der Waals surface area contributed by atoms with Gasteiger partial charge in [0.2, 0.25) is 0 Å². The van der Waals surface area contributed by atoms with Crippen LogP contribution < -0.4 is 10.1 Å². The molecule has 1 heterocycles. The zero-order valence-corrected chi connectivity index (χ0v) is 11.4. The van der Waals surface area contributed by atoms with Crippen LogP contribution in [0.5, 0.6) is 11.5 Å². The molecule has 1 aliphatic heterocycles. The van der Waals surface area contributed by atoms with Gasteiger partial charge in [-0.05, 0) is 31.5 Å². The van der Waals surface area contributed by atoms with E-state index in [1.54, 1.807) is 13.2 Å². The molecule has 1 aromatic rings. The van der Waals surface area contributed by atoms with Crippen molar-refractivity contribution in [3.63, 3.8) is 0 Å². The van der Waals surface area contributed by atoms with Gasteiger partial charge in [0.05, 0.1) is 7.11 Å². The third kappa shape index (κ3) is 2.62. The largest absolute Gasteiger partial charge is 0.504 e. The van der Waals surface area contributed by atoms with Gasteiger partial charge in [-0.1, -0.05) is 15.9 Å². The van der Waals surface area contributed by atoms with E-state index < -0.39 is 0 Å². The predicted molar refractivity (Wildman–Crippen MR) is 69.6 cm³/mol. The maximum absolute atomic E-state index is 9.99. The van der Waals surface area contributed by atoms with Crippen molar-refractivity contribution >= 4 is 28.3 Å². The topological polar surface area (TPSA) is 41.5 Å². The first-order valence-corrected chi connectivity index (χ1v) is 5.81. The van der Waals surface area contributed by atoms with E-state index >= 15 is 0 Å². The normalized spacial score (nSPS) is 19.2. The van der Waals surface area contributed by atoms with Gasteiger partial charge in [-0.3, -0.25) is 0 Å². The number of aromatic hydroxyl groups is 1. The van der Waals surface area contributed by atoms with Crippen LogP contribution in [0.3, 0.4) is 0 Å². The Balaban J connectivity index is 0.00000128. The van der Waals surface area contributed by atoms with Gasteiger partial charge in [-0.2, -0.15) is 0 Å². The fraction of sp³-hybridized carbons (Fsp3) is 0.455. The Kier molecular flexibility index (Phi) is 4.89. The lowest BCUT2D eigenvalue weighted by atomic mass is 10.0. The van der Waals surface area contributed by atoms with Gasteiger partial charge in [0.15, 0.2) is 11.5 Å². The summed E-state index contributed by atoms with van der Waals surface area (Å²) >= 11 is 3.42. The molecule has 0 bridgehead atoms. The molecule has 2 rings (SSSR count). The summed E-state index contributed by atoms with van der Waals surface area (Å²) in [5.41, 5.74) is 0.915. The molecule has 1 fully saturated rings. The van der Waals surface area contributed by atoms with Crippen LogP contribution in [0.4, 0.5) is 0 Å². The fourth-order valence-corrected chi connectivity index (χ4v) is 2.42. The predicted octanol–water partition coefficient (Wildman–Crippen LogP) is 3.01. The molecule has 16 heavy (non-hydrogen) atoms. The zero-order chi connectivity index (χ0) is 10.8. The summed E-state index contributed by atoms with van der Waals surface area (Å²) in [5, 5.41) is 13.3. The van der Waals surface area contributed by atoms with Crippen LogP contribution in [-0.4, -0.2) is 18.8 Å². The van der Waals surface area contributed by atoms with Crippen LogP contribution in [0.1, 0.15) is 24.4 Å². The molecule has 0 spiro atoms. The highest BCUT2D eigenvalue weighted by Crippen LogP contribution is 2.39. The number of nitrogens with one attached hydrogen (secondary N) is 1. The van der Waals surface area contributed by atoms with Gasteiger partial charge in [0.1, 0.15) is 0 Å². The minimum atomic E-state index is 0. The first-order chi connectivity index (χ1) is 7.22. The van der Waals surface area contributed by atoms with Crippen molar-refractivity contribution in [2.75, 3.05) is 13.7 Å². The van der Waals surface area contributed by atoms with Crippen LogP contribution in [0.25, 0.3) is 0 Å².